The van der Waals surface area contributed by atoms with Gasteiger partial charge in [0.15, 0.2) is 0 Å². The normalized spacial score (nSPS) is 10.4. The van der Waals surface area contributed by atoms with E-state index in [1.807, 2.05) is 45.0 Å². The van der Waals surface area contributed by atoms with Crippen LogP contribution in [0.1, 0.15) is 40.1 Å². The van der Waals surface area contributed by atoms with Crippen molar-refractivity contribution in [2.75, 3.05) is 5.32 Å². The number of hydrogen-bond donors (Lipinski definition) is 2. The molecule has 22 heavy (non-hydrogen) atoms. The van der Waals surface area contributed by atoms with E-state index in [-0.39, 0.29) is 17.9 Å². The molecule has 0 aromatic heterocycles. The van der Waals surface area contributed by atoms with Crippen molar-refractivity contribution in [3.05, 3.63) is 65.2 Å². The standard InChI is InChI=1S/C18H20N2O2/c1-12(2)19-17(21)14-8-10-15(11-9-14)18(22)20-16-7-5-4-6-13(16)3/h4-12H,1-3H3,(H,19,21)(H,20,22). The number of para-hydroxylation sites is 1. The molecule has 4 heteroatoms. The molecule has 0 saturated heterocycles. The molecule has 0 atom stereocenters. The highest BCUT2D eigenvalue weighted by Crippen LogP contribution is 2.15. The van der Waals surface area contributed by atoms with Crippen LogP contribution in [0.4, 0.5) is 5.69 Å². The van der Waals surface area contributed by atoms with Gasteiger partial charge in [0.25, 0.3) is 11.8 Å². The zero-order valence-corrected chi connectivity index (χ0v) is 13.0. The van der Waals surface area contributed by atoms with E-state index in [9.17, 15) is 9.59 Å². The number of amides is 2. The summed E-state index contributed by atoms with van der Waals surface area (Å²) >= 11 is 0. The lowest BCUT2D eigenvalue weighted by Gasteiger charge is -2.10. The van der Waals surface area contributed by atoms with E-state index < -0.39 is 0 Å². The second kappa shape index (κ2) is 6.89. The molecule has 2 rings (SSSR count). The summed E-state index contributed by atoms with van der Waals surface area (Å²) in [5.74, 6) is -0.328. The fraction of sp³-hybridized carbons (Fsp3) is 0.222. The third-order valence-corrected chi connectivity index (χ3v) is 3.22. The summed E-state index contributed by atoms with van der Waals surface area (Å²) < 4.78 is 0. The molecule has 2 amide bonds. The third kappa shape index (κ3) is 3.95. The van der Waals surface area contributed by atoms with Crippen LogP contribution in [0.2, 0.25) is 0 Å². The number of anilines is 1. The Balaban J connectivity index is 2.08. The predicted molar refractivity (Wildman–Crippen MR) is 88.2 cm³/mol. The fourth-order valence-electron chi connectivity index (χ4n) is 2.03. The number of carbonyl (C=O) groups excluding carboxylic acids is 2. The van der Waals surface area contributed by atoms with Crippen LogP contribution in [0, 0.1) is 6.92 Å². The van der Waals surface area contributed by atoms with Crippen LogP contribution in [0.3, 0.4) is 0 Å². The Kier molecular flexibility index (Phi) is 4.94. The summed E-state index contributed by atoms with van der Waals surface area (Å²) in [7, 11) is 0. The Labute approximate surface area is 130 Å². The smallest absolute Gasteiger partial charge is 0.255 e. The van der Waals surface area contributed by atoms with Crippen molar-refractivity contribution in [2.24, 2.45) is 0 Å². The minimum absolute atomic E-state index is 0.0801. The van der Waals surface area contributed by atoms with Gasteiger partial charge in [-0.25, -0.2) is 0 Å². The molecule has 0 aliphatic heterocycles. The molecule has 0 aliphatic rings. The van der Waals surface area contributed by atoms with Gasteiger partial charge in [0.2, 0.25) is 0 Å². The van der Waals surface area contributed by atoms with Crippen LogP contribution < -0.4 is 10.6 Å². The molecule has 0 radical (unpaired) electrons. The lowest BCUT2D eigenvalue weighted by Crippen LogP contribution is -2.30. The Morgan fingerprint density at radius 3 is 1.95 bits per heavy atom. The number of carbonyl (C=O) groups is 2. The average Bonchev–Trinajstić information content (AvgIpc) is 2.49. The van der Waals surface area contributed by atoms with Gasteiger partial charge in [-0.15, -0.1) is 0 Å². The Morgan fingerprint density at radius 1 is 0.864 bits per heavy atom. The number of nitrogens with one attached hydrogen (secondary N) is 2. The van der Waals surface area contributed by atoms with Crippen LogP contribution in [0.15, 0.2) is 48.5 Å². The average molecular weight is 296 g/mol. The quantitative estimate of drug-likeness (QED) is 0.908. The van der Waals surface area contributed by atoms with Crippen LogP contribution in [0.5, 0.6) is 0 Å². The Bertz CT molecular complexity index is 676. The van der Waals surface area contributed by atoms with E-state index in [0.29, 0.717) is 11.1 Å². The highest BCUT2D eigenvalue weighted by atomic mass is 16.2. The molecule has 0 bridgehead atoms. The van der Waals surface area contributed by atoms with Crippen LogP contribution >= 0.6 is 0 Å². The number of hydrogen-bond acceptors (Lipinski definition) is 2. The summed E-state index contributed by atoms with van der Waals surface area (Å²) in [6.45, 7) is 5.75. The van der Waals surface area contributed by atoms with Crippen molar-refractivity contribution in [3.63, 3.8) is 0 Å². The number of rotatable bonds is 4. The Morgan fingerprint density at radius 2 is 1.41 bits per heavy atom. The summed E-state index contributed by atoms with van der Waals surface area (Å²) in [4.78, 5) is 24.1. The van der Waals surface area contributed by atoms with Gasteiger partial charge in [-0.3, -0.25) is 9.59 Å². The molecular formula is C18H20N2O2. The van der Waals surface area contributed by atoms with Crippen LogP contribution in [-0.4, -0.2) is 17.9 Å². The molecule has 0 saturated carbocycles. The van der Waals surface area contributed by atoms with E-state index in [1.165, 1.54) is 0 Å². The van der Waals surface area contributed by atoms with Gasteiger partial charge >= 0.3 is 0 Å². The van der Waals surface area contributed by atoms with Crippen molar-refractivity contribution < 1.29 is 9.59 Å². The monoisotopic (exact) mass is 296 g/mol. The largest absolute Gasteiger partial charge is 0.350 e. The molecule has 0 fully saturated rings. The van der Waals surface area contributed by atoms with Crippen molar-refractivity contribution in [1.29, 1.82) is 0 Å². The van der Waals surface area contributed by atoms with Gasteiger partial charge in [-0.1, -0.05) is 18.2 Å². The van der Waals surface area contributed by atoms with E-state index in [0.717, 1.165) is 11.3 Å². The zero-order chi connectivity index (χ0) is 16.1. The molecule has 0 heterocycles. The van der Waals surface area contributed by atoms with Gasteiger partial charge in [-0.05, 0) is 56.7 Å². The van der Waals surface area contributed by atoms with Crippen molar-refractivity contribution in [2.45, 2.75) is 26.8 Å². The minimum Gasteiger partial charge on any atom is -0.350 e. The van der Waals surface area contributed by atoms with E-state index in [4.69, 9.17) is 0 Å². The Hall–Kier alpha value is -2.62. The lowest BCUT2D eigenvalue weighted by molar-refractivity contribution is 0.0941. The highest BCUT2D eigenvalue weighted by molar-refractivity contribution is 6.05. The predicted octanol–water partition coefficient (Wildman–Crippen LogP) is 3.39. The molecule has 0 spiro atoms. The van der Waals surface area contributed by atoms with Gasteiger partial charge in [-0.2, -0.15) is 0 Å². The SMILES string of the molecule is Cc1ccccc1NC(=O)c1ccc(C(=O)NC(C)C)cc1. The first kappa shape index (κ1) is 15.8. The first-order valence-electron chi connectivity index (χ1n) is 7.25. The highest BCUT2D eigenvalue weighted by Gasteiger charge is 2.10. The maximum Gasteiger partial charge on any atom is 0.255 e. The molecular weight excluding hydrogens is 276 g/mol. The van der Waals surface area contributed by atoms with E-state index >= 15 is 0 Å². The molecule has 0 aliphatic carbocycles. The topological polar surface area (TPSA) is 58.2 Å². The molecule has 4 nitrogen and oxygen atoms in total. The van der Waals surface area contributed by atoms with Crippen molar-refractivity contribution in [3.8, 4) is 0 Å². The summed E-state index contributed by atoms with van der Waals surface area (Å²) in [5, 5.41) is 5.68. The number of aryl methyl sites for hydroxylation is 1. The molecule has 2 N–H and O–H groups in total. The fourth-order valence-corrected chi connectivity index (χ4v) is 2.03. The maximum atomic E-state index is 12.2. The second-order valence-corrected chi connectivity index (χ2v) is 5.47. The second-order valence-electron chi connectivity index (χ2n) is 5.47. The third-order valence-electron chi connectivity index (χ3n) is 3.22. The first-order chi connectivity index (χ1) is 10.5. The minimum atomic E-state index is -0.190. The summed E-state index contributed by atoms with van der Waals surface area (Å²) in [5.41, 5.74) is 2.85. The summed E-state index contributed by atoms with van der Waals surface area (Å²) in [6.07, 6.45) is 0. The van der Waals surface area contributed by atoms with Crippen molar-refractivity contribution >= 4 is 17.5 Å². The van der Waals surface area contributed by atoms with Crippen LogP contribution in [0.25, 0.3) is 0 Å². The number of benzene rings is 2. The van der Waals surface area contributed by atoms with Gasteiger partial charge < -0.3 is 10.6 Å². The molecule has 114 valence electrons. The zero-order valence-electron chi connectivity index (χ0n) is 13.0. The lowest BCUT2D eigenvalue weighted by atomic mass is 10.1. The van der Waals surface area contributed by atoms with Gasteiger partial charge in [0, 0.05) is 22.9 Å². The van der Waals surface area contributed by atoms with Crippen molar-refractivity contribution in [1.82, 2.24) is 5.32 Å². The van der Waals surface area contributed by atoms with Gasteiger partial charge in [0.05, 0.1) is 0 Å². The molecule has 2 aromatic carbocycles. The van der Waals surface area contributed by atoms with Crippen LogP contribution in [-0.2, 0) is 0 Å². The first-order valence-corrected chi connectivity index (χ1v) is 7.25. The maximum absolute atomic E-state index is 12.2. The molecule has 0 unspecified atom stereocenters. The summed E-state index contributed by atoms with van der Waals surface area (Å²) in [6, 6.07) is 14.3. The molecule has 2 aromatic rings. The van der Waals surface area contributed by atoms with E-state index in [1.54, 1.807) is 24.3 Å². The van der Waals surface area contributed by atoms with E-state index in [2.05, 4.69) is 10.6 Å². The van der Waals surface area contributed by atoms with Gasteiger partial charge in [0.1, 0.15) is 0 Å².